The molecule has 0 aliphatic heterocycles. The molecule has 0 N–H and O–H groups in total. The van der Waals surface area contributed by atoms with E-state index in [4.69, 9.17) is 0 Å². The van der Waals surface area contributed by atoms with Crippen molar-refractivity contribution >= 4 is 18.9 Å². The van der Waals surface area contributed by atoms with Crippen molar-refractivity contribution in [2.75, 3.05) is 0 Å². The van der Waals surface area contributed by atoms with Crippen LogP contribution in [0.3, 0.4) is 0 Å². The van der Waals surface area contributed by atoms with E-state index in [2.05, 4.69) is 42.3 Å². The van der Waals surface area contributed by atoms with Crippen LogP contribution < -0.4 is 0 Å². The van der Waals surface area contributed by atoms with Crippen LogP contribution in [-0.2, 0) is 0 Å². The monoisotopic (exact) mass is 165 g/mol. The normalized spacial score (nSPS) is 13.6. The summed E-state index contributed by atoms with van der Waals surface area (Å²) in [6.45, 7) is 9.62. The zero-order valence-corrected chi connectivity index (χ0v) is 7.86. The Balaban J connectivity index is 3.82. The van der Waals surface area contributed by atoms with Crippen LogP contribution in [0.5, 0.6) is 0 Å². The average molecular weight is 165 g/mol. The van der Waals surface area contributed by atoms with Gasteiger partial charge in [-0.25, -0.2) is 15.0 Å². The van der Waals surface area contributed by atoms with Crippen molar-refractivity contribution in [1.82, 2.24) is 0 Å². The van der Waals surface area contributed by atoms with Crippen LogP contribution >= 0.6 is 0 Å². The lowest BCUT2D eigenvalue weighted by Crippen LogP contribution is -2.05. The van der Waals surface area contributed by atoms with Crippen LogP contribution in [0.2, 0.25) is 0 Å². The van der Waals surface area contributed by atoms with Gasteiger partial charge in [-0.3, -0.25) is 0 Å². The highest BCUT2D eigenvalue weighted by Gasteiger charge is 2.03. The molecule has 3 nitrogen and oxygen atoms in total. The summed E-state index contributed by atoms with van der Waals surface area (Å²) in [6, 6.07) is 0. The highest BCUT2D eigenvalue weighted by atomic mass is 14.9. The summed E-state index contributed by atoms with van der Waals surface area (Å²) in [4.78, 5) is 11.4. The van der Waals surface area contributed by atoms with Crippen molar-refractivity contribution in [1.29, 1.82) is 0 Å². The summed E-state index contributed by atoms with van der Waals surface area (Å²) in [5.74, 6) is 0. The lowest BCUT2D eigenvalue weighted by atomic mass is 9.99. The number of hydrogen-bond donors (Lipinski definition) is 0. The van der Waals surface area contributed by atoms with Gasteiger partial charge in [-0.05, 0) is 5.41 Å². The molecule has 0 fully saturated rings. The van der Waals surface area contributed by atoms with Crippen LogP contribution in [0.15, 0.2) is 27.8 Å². The smallest absolute Gasteiger partial charge is 0.117 e. The topological polar surface area (TPSA) is 37.1 Å². The van der Waals surface area contributed by atoms with Crippen LogP contribution in [-0.4, -0.2) is 18.9 Å². The predicted octanol–water partition coefficient (Wildman–Crippen LogP) is 2.30. The molecule has 0 aromatic heterocycles. The number of aliphatic imine (C=N–C) groups is 3. The van der Waals surface area contributed by atoms with Gasteiger partial charge in [-0.2, -0.15) is 0 Å². The maximum atomic E-state index is 3.97. The van der Waals surface area contributed by atoms with Gasteiger partial charge in [0.2, 0.25) is 0 Å². The van der Waals surface area contributed by atoms with Crippen molar-refractivity contribution in [2.45, 2.75) is 20.8 Å². The van der Waals surface area contributed by atoms with Gasteiger partial charge in [-0.1, -0.05) is 27.4 Å². The second kappa shape index (κ2) is 5.41. The molecule has 0 amide bonds. The maximum absolute atomic E-state index is 3.97. The van der Waals surface area contributed by atoms with Crippen LogP contribution in [0.25, 0.3) is 0 Å². The van der Waals surface area contributed by atoms with Crippen molar-refractivity contribution in [3.05, 3.63) is 12.8 Å². The molecule has 0 spiro atoms. The van der Waals surface area contributed by atoms with E-state index in [9.17, 15) is 0 Å². The van der Waals surface area contributed by atoms with Crippen molar-refractivity contribution < 1.29 is 0 Å². The molecule has 0 atom stereocenters. The molecule has 0 heterocycles. The zero-order valence-electron chi connectivity index (χ0n) is 7.86. The van der Waals surface area contributed by atoms with Gasteiger partial charge in [0.1, 0.15) is 12.7 Å². The predicted molar refractivity (Wildman–Crippen MR) is 55.1 cm³/mol. The third-order valence-electron chi connectivity index (χ3n) is 0.834. The molecule has 0 rings (SSSR count). The quantitative estimate of drug-likeness (QED) is 0.454. The Morgan fingerprint density at radius 3 is 2.08 bits per heavy atom. The molecule has 3 heteroatoms. The standard InChI is InChI=1S/C9H15N3/c1-5-10-7-12-8-11-6-9(2,3)4/h5-8H,1H2,2-4H3. The first-order chi connectivity index (χ1) is 5.56. The Morgan fingerprint density at radius 1 is 1.00 bits per heavy atom. The highest BCUT2D eigenvalue weighted by Crippen LogP contribution is 2.07. The van der Waals surface area contributed by atoms with E-state index in [1.807, 2.05) is 6.21 Å². The minimum atomic E-state index is 0.0988. The van der Waals surface area contributed by atoms with Crippen LogP contribution in [0.4, 0.5) is 0 Å². The van der Waals surface area contributed by atoms with Crippen LogP contribution in [0.1, 0.15) is 20.8 Å². The molecule has 66 valence electrons. The first-order valence-corrected chi connectivity index (χ1v) is 3.75. The van der Waals surface area contributed by atoms with Crippen molar-refractivity contribution in [3.63, 3.8) is 0 Å². The van der Waals surface area contributed by atoms with Gasteiger partial charge < -0.3 is 0 Å². The van der Waals surface area contributed by atoms with Crippen LogP contribution in [0, 0.1) is 5.41 Å². The van der Waals surface area contributed by atoms with Gasteiger partial charge in [0, 0.05) is 12.4 Å². The van der Waals surface area contributed by atoms with Crippen molar-refractivity contribution in [2.24, 2.45) is 20.4 Å². The molecule has 0 aromatic rings. The zero-order chi connectivity index (χ0) is 9.45. The minimum absolute atomic E-state index is 0.0988. The van der Waals surface area contributed by atoms with Gasteiger partial charge in [0.05, 0.1) is 0 Å². The molecule has 0 bridgehead atoms. The van der Waals surface area contributed by atoms with E-state index in [1.165, 1.54) is 18.9 Å². The molecule has 0 unspecified atom stereocenters. The third-order valence-corrected chi connectivity index (χ3v) is 0.834. The molecule has 0 radical (unpaired) electrons. The third kappa shape index (κ3) is 8.75. The summed E-state index contributed by atoms with van der Waals surface area (Å²) in [6.07, 6.45) is 6.11. The molecule has 0 saturated carbocycles. The number of nitrogens with zero attached hydrogens (tertiary/aromatic N) is 3. The molecular formula is C9H15N3. The summed E-state index contributed by atoms with van der Waals surface area (Å²) >= 11 is 0. The second-order valence-electron chi connectivity index (χ2n) is 3.36. The lowest BCUT2D eigenvalue weighted by molar-refractivity contribution is 0.608. The summed E-state index contributed by atoms with van der Waals surface area (Å²) < 4.78 is 0. The molecular weight excluding hydrogens is 150 g/mol. The maximum Gasteiger partial charge on any atom is 0.117 e. The average Bonchev–Trinajstić information content (AvgIpc) is 1.94. The lowest BCUT2D eigenvalue weighted by Gasteiger charge is -2.08. The van der Waals surface area contributed by atoms with E-state index in [0.29, 0.717) is 0 Å². The van der Waals surface area contributed by atoms with Gasteiger partial charge in [0.25, 0.3) is 0 Å². The second-order valence-corrected chi connectivity index (χ2v) is 3.36. The highest BCUT2D eigenvalue weighted by molar-refractivity contribution is 5.79. The van der Waals surface area contributed by atoms with E-state index in [-0.39, 0.29) is 5.41 Å². The Bertz CT molecular complexity index is 206. The summed E-state index contributed by atoms with van der Waals surface area (Å²) in [5.41, 5.74) is 0.0988. The van der Waals surface area contributed by atoms with E-state index in [1.54, 1.807) is 0 Å². The Labute approximate surface area is 73.7 Å². The minimum Gasteiger partial charge on any atom is -0.249 e. The molecule has 12 heavy (non-hydrogen) atoms. The van der Waals surface area contributed by atoms with Gasteiger partial charge in [-0.15, -0.1) is 0 Å². The van der Waals surface area contributed by atoms with E-state index in [0.717, 1.165) is 0 Å². The number of rotatable bonds is 3. The Morgan fingerprint density at radius 2 is 1.58 bits per heavy atom. The first-order valence-electron chi connectivity index (χ1n) is 3.75. The Kier molecular flexibility index (Phi) is 4.84. The first kappa shape index (κ1) is 10.8. The Hall–Kier alpha value is -1.25. The molecule has 0 saturated heterocycles. The fourth-order valence-corrected chi connectivity index (χ4v) is 0.411. The van der Waals surface area contributed by atoms with E-state index < -0.39 is 0 Å². The van der Waals surface area contributed by atoms with E-state index >= 15 is 0 Å². The van der Waals surface area contributed by atoms with Gasteiger partial charge >= 0.3 is 0 Å². The fraction of sp³-hybridized carbons (Fsp3) is 0.444. The summed E-state index contributed by atoms with van der Waals surface area (Å²) in [5, 5.41) is 0. The van der Waals surface area contributed by atoms with Gasteiger partial charge in [0.15, 0.2) is 0 Å². The largest absolute Gasteiger partial charge is 0.249 e. The molecule has 0 aliphatic carbocycles. The fourth-order valence-electron chi connectivity index (χ4n) is 0.411. The summed E-state index contributed by atoms with van der Waals surface area (Å²) in [7, 11) is 0. The molecule has 0 aliphatic rings. The number of hydrogen-bond acceptors (Lipinski definition) is 1. The molecule has 0 aromatic carbocycles. The SMILES string of the molecule is C=CN=CN=CN=CC(C)(C)C. The van der Waals surface area contributed by atoms with Crippen molar-refractivity contribution in [3.8, 4) is 0 Å².